The molecule has 0 saturated heterocycles. The van der Waals surface area contributed by atoms with E-state index in [1.165, 1.54) is 0 Å². The Morgan fingerprint density at radius 3 is 1.85 bits per heavy atom. The molecule has 2 nitrogen and oxygen atoms in total. The predicted molar refractivity (Wildman–Crippen MR) is 81.1 cm³/mol. The highest BCUT2D eigenvalue weighted by Gasteiger charge is 2.33. The van der Waals surface area contributed by atoms with Crippen LogP contribution in [0.4, 0.5) is 0 Å². The molecule has 1 aliphatic heterocycles. The molecule has 104 valence electrons. The van der Waals surface area contributed by atoms with Crippen LogP contribution < -0.4 is 9.47 Å². The van der Waals surface area contributed by atoms with Gasteiger partial charge in [0.1, 0.15) is 11.5 Å². The van der Waals surface area contributed by atoms with Crippen LogP contribution in [0.15, 0.2) is 48.5 Å². The molecule has 0 aromatic heterocycles. The molecular formula is C18H20O2. The summed E-state index contributed by atoms with van der Waals surface area (Å²) < 4.78 is 12.4. The zero-order chi connectivity index (χ0) is 14.0. The van der Waals surface area contributed by atoms with Crippen molar-refractivity contribution in [3.8, 4) is 22.6 Å². The minimum absolute atomic E-state index is 0.598. The Bertz CT molecular complexity index is 556. The molecule has 0 atom stereocenters. The number of rotatable bonds is 3. The van der Waals surface area contributed by atoms with Crippen molar-refractivity contribution < 1.29 is 9.47 Å². The van der Waals surface area contributed by atoms with Crippen LogP contribution in [-0.4, -0.2) is 5.79 Å². The summed E-state index contributed by atoms with van der Waals surface area (Å²) >= 11 is 0. The standard InChI is InChI=1S/C18H20O2/c1-3-4-13-18(2)19-16-11-7-5-9-14(16)15-10-6-8-12-17(15)20-18/h5-12H,3-4,13H2,1-2H3. The number of hydrogen-bond donors (Lipinski definition) is 0. The van der Waals surface area contributed by atoms with Gasteiger partial charge in [0.15, 0.2) is 0 Å². The Kier molecular flexibility index (Phi) is 3.39. The third-order valence-electron chi connectivity index (χ3n) is 3.70. The molecule has 3 rings (SSSR count). The molecule has 0 N–H and O–H groups in total. The van der Waals surface area contributed by atoms with Crippen molar-refractivity contribution in [2.75, 3.05) is 0 Å². The van der Waals surface area contributed by atoms with Crippen molar-refractivity contribution in [1.82, 2.24) is 0 Å². The van der Waals surface area contributed by atoms with Crippen LogP contribution in [0, 0.1) is 0 Å². The number of unbranched alkanes of at least 4 members (excludes halogenated alkanes) is 1. The summed E-state index contributed by atoms with van der Waals surface area (Å²) in [5, 5.41) is 0. The molecule has 0 unspecified atom stereocenters. The van der Waals surface area contributed by atoms with Gasteiger partial charge in [0, 0.05) is 24.5 Å². The van der Waals surface area contributed by atoms with Crippen LogP contribution in [0.3, 0.4) is 0 Å². The highest BCUT2D eigenvalue weighted by atomic mass is 16.7. The maximum Gasteiger partial charge on any atom is 0.248 e. The molecule has 0 amide bonds. The maximum absolute atomic E-state index is 6.21. The second kappa shape index (κ2) is 5.20. The van der Waals surface area contributed by atoms with Gasteiger partial charge in [0.2, 0.25) is 5.79 Å². The quantitative estimate of drug-likeness (QED) is 0.777. The highest BCUT2D eigenvalue weighted by molar-refractivity contribution is 5.76. The lowest BCUT2D eigenvalue weighted by Gasteiger charge is -2.30. The number of benzene rings is 2. The van der Waals surface area contributed by atoms with Crippen molar-refractivity contribution in [2.45, 2.75) is 38.9 Å². The number of fused-ring (bicyclic) bond motifs is 3. The molecule has 20 heavy (non-hydrogen) atoms. The van der Waals surface area contributed by atoms with E-state index in [1.807, 2.05) is 43.3 Å². The minimum Gasteiger partial charge on any atom is -0.452 e. The van der Waals surface area contributed by atoms with E-state index in [2.05, 4.69) is 19.1 Å². The van der Waals surface area contributed by atoms with Crippen molar-refractivity contribution >= 4 is 0 Å². The summed E-state index contributed by atoms with van der Waals surface area (Å²) in [7, 11) is 0. The Hall–Kier alpha value is -1.96. The van der Waals surface area contributed by atoms with Crippen LogP contribution >= 0.6 is 0 Å². The first-order valence-electron chi connectivity index (χ1n) is 7.28. The van der Waals surface area contributed by atoms with Crippen LogP contribution in [0.2, 0.25) is 0 Å². The normalized spacial score (nSPS) is 15.3. The first-order chi connectivity index (χ1) is 9.72. The fourth-order valence-electron chi connectivity index (χ4n) is 2.64. The summed E-state index contributed by atoms with van der Waals surface area (Å²) in [4.78, 5) is 0. The lowest BCUT2D eigenvalue weighted by atomic mass is 10.0. The van der Waals surface area contributed by atoms with Gasteiger partial charge in [0.25, 0.3) is 0 Å². The van der Waals surface area contributed by atoms with E-state index in [9.17, 15) is 0 Å². The van der Waals surface area contributed by atoms with Gasteiger partial charge in [-0.05, 0) is 18.6 Å². The van der Waals surface area contributed by atoms with E-state index in [1.54, 1.807) is 0 Å². The van der Waals surface area contributed by atoms with E-state index in [0.29, 0.717) is 0 Å². The lowest BCUT2D eigenvalue weighted by Crippen LogP contribution is -2.38. The highest BCUT2D eigenvalue weighted by Crippen LogP contribution is 2.43. The third-order valence-corrected chi connectivity index (χ3v) is 3.70. The third kappa shape index (κ3) is 2.38. The molecule has 0 bridgehead atoms. The van der Waals surface area contributed by atoms with Gasteiger partial charge in [-0.2, -0.15) is 0 Å². The Morgan fingerprint density at radius 2 is 1.35 bits per heavy atom. The van der Waals surface area contributed by atoms with Crippen LogP contribution in [0.25, 0.3) is 11.1 Å². The molecule has 1 heterocycles. The smallest absolute Gasteiger partial charge is 0.248 e. The van der Waals surface area contributed by atoms with Gasteiger partial charge < -0.3 is 9.47 Å². The zero-order valence-electron chi connectivity index (χ0n) is 12.1. The van der Waals surface area contributed by atoms with E-state index in [-0.39, 0.29) is 0 Å². The van der Waals surface area contributed by atoms with Gasteiger partial charge in [0.05, 0.1) is 0 Å². The van der Waals surface area contributed by atoms with Crippen molar-refractivity contribution in [3.63, 3.8) is 0 Å². The fraction of sp³-hybridized carbons (Fsp3) is 0.333. The van der Waals surface area contributed by atoms with Crippen LogP contribution in [0.1, 0.15) is 33.1 Å². The van der Waals surface area contributed by atoms with Crippen molar-refractivity contribution in [1.29, 1.82) is 0 Å². The molecule has 0 aliphatic carbocycles. The molecule has 0 spiro atoms. The van der Waals surface area contributed by atoms with E-state index in [4.69, 9.17) is 9.47 Å². The number of hydrogen-bond acceptors (Lipinski definition) is 2. The van der Waals surface area contributed by atoms with Crippen LogP contribution in [-0.2, 0) is 0 Å². The second-order valence-electron chi connectivity index (χ2n) is 5.43. The number of para-hydroxylation sites is 2. The van der Waals surface area contributed by atoms with E-state index < -0.39 is 5.79 Å². The minimum atomic E-state index is -0.598. The molecule has 2 aromatic rings. The molecule has 0 radical (unpaired) electrons. The molecule has 2 aromatic carbocycles. The maximum atomic E-state index is 6.21. The van der Waals surface area contributed by atoms with Gasteiger partial charge >= 0.3 is 0 Å². The van der Waals surface area contributed by atoms with Crippen molar-refractivity contribution in [2.24, 2.45) is 0 Å². The van der Waals surface area contributed by atoms with Crippen molar-refractivity contribution in [3.05, 3.63) is 48.5 Å². The van der Waals surface area contributed by atoms with Crippen LogP contribution in [0.5, 0.6) is 11.5 Å². The van der Waals surface area contributed by atoms with Gasteiger partial charge in [-0.25, -0.2) is 0 Å². The summed E-state index contributed by atoms with van der Waals surface area (Å²) in [6, 6.07) is 16.3. The Balaban J connectivity index is 2.09. The predicted octanol–water partition coefficient (Wildman–Crippen LogP) is 5.03. The summed E-state index contributed by atoms with van der Waals surface area (Å²) in [6.07, 6.45) is 3.10. The monoisotopic (exact) mass is 268 g/mol. The summed E-state index contributed by atoms with van der Waals surface area (Å²) in [5.41, 5.74) is 2.20. The first kappa shape index (κ1) is 13.0. The number of ether oxygens (including phenoxy) is 2. The van der Waals surface area contributed by atoms with Gasteiger partial charge in [-0.15, -0.1) is 0 Å². The average Bonchev–Trinajstić information content (AvgIpc) is 2.59. The summed E-state index contributed by atoms with van der Waals surface area (Å²) in [6.45, 7) is 4.21. The van der Waals surface area contributed by atoms with E-state index >= 15 is 0 Å². The Morgan fingerprint density at radius 1 is 0.850 bits per heavy atom. The largest absolute Gasteiger partial charge is 0.452 e. The zero-order valence-corrected chi connectivity index (χ0v) is 12.1. The molecule has 1 aliphatic rings. The fourth-order valence-corrected chi connectivity index (χ4v) is 2.64. The first-order valence-corrected chi connectivity index (χ1v) is 7.28. The molecular weight excluding hydrogens is 248 g/mol. The molecule has 0 fully saturated rings. The molecule has 2 heteroatoms. The van der Waals surface area contributed by atoms with Gasteiger partial charge in [-0.1, -0.05) is 49.7 Å². The lowest BCUT2D eigenvalue weighted by molar-refractivity contribution is -0.102. The summed E-state index contributed by atoms with van der Waals surface area (Å²) in [5.74, 6) is 1.20. The second-order valence-corrected chi connectivity index (χ2v) is 5.43. The SMILES string of the molecule is CCCCC1(C)Oc2ccccc2-c2ccccc2O1. The Labute approximate surface area is 120 Å². The topological polar surface area (TPSA) is 18.5 Å². The average molecular weight is 268 g/mol. The van der Waals surface area contributed by atoms with E-state index in [0.717, 1.165) is 41.9 Å². The van der Waals surface area contributed by atoms with Gasteiger partial charge in [-0.3, -0.25) is 0 Å². The molecule has 0 saturated carbocycles.